The summed E-state index contributed by atoms with van der Waals surface area (Å²) in [6.45, 7) is 7.23. The lowest BCUT2D eigenvalue weighted by atomic mass is 9.85. The Labute approximate surface area is 192 Å². The fraction of sp³-hybridized carbons (Fsp3) is 0.680. The molecular formula is C25H40N4OS. The van der Waals surface area contributed by atoms with Crippen LogP contribution in [0.15, 0.2) is 29.3 Å². The highest BCUT2D eigenvalue weighted by atomic mass is 32.2. The van der Waals surface area contributed by atoms with Crippen LogP contribution in [0.25, 0.3) is 0 Å². The molecule has 1 heterocycles. The van der Waals surface area contributed by atoms with Crippen LogP contribution in [0.5, 0.6) is 0 Å². The number of hydrogen-bond acceptors (Lipinski definition) is 3. The SMILES string of the molecule is CN=C(NCCCc1ccc(C(C)C)cc1)NC1CCC(C(=O)N2CCSCC2)CC1. The fourth-order valence-corrected chi connectivity index (χ4v) is 5.39. The summed E-state index contributed by atoms with van der Waals surface area (Å²) in [6, 6.07) is 9.42. The third-order valence-electron chi connectivity index (χ3n) is 6.54. The minimum absolute atomic E-state index is 0.221. The number of thioether (sulfide) groups is 1. The number of hydrogen-bond donors (Lipinski definition) is 2. The van der Waals surface area contributed by atoms with Gasteiger partial charge in [-0.05, 0) is 55.6 Å². The van der Waals surface area contributed by atoms with Crippen LogP contribution in [0.1, 0.15) is 63.0 Å². The zero-order chi connectivity index (χ0) is 22.1. The molecule has 1 amide bonds. The first kappa shape index (κ1) is 24.0. The van der Waals surface area contributed by atoms with Gasteiger partial charge in [0.2, 0.25) is 5.91 Å². The highest BCUT2D eigenvalue weighted by Crippen LogP contribution is 2.27. The molecule has 0 bridgehead atoms. The molecule has 2 fully saturated rings. The number of aliphatic imine (C=N–C) groups is 1. The predicted octanol–water partition coefficient (Wildman–Crippen LogP) is 4.04. The first-order valence-corrected chi connectivity index (χ1v) is 13.1. The Morgan fingerprint density at radius 2 is 1.81 bits per heavy atom. The number of rotatable bonds is 7. The van der Waals surface area contributed by atoms with Gasteiger partial charge in [0, 0.05) is 50.1 Å². The second-order valence-corrected chi connectivity index (χ2v) is 10.4. The fourth-order valence-electron chi connectivity index (χ4n) is 4.48. The molecule has 0 spiro atoms. The lowest BCUT2D eigenvalue weighted by molar-refractivity contribution is -0.136. The van der Waals surface area contributed by atoms with Crippen LogP contribution in [0, 0.1) is 5.92 Å². The topological polar surface area (TPSA) is 56.7 Å². The Morgan fingerprint density at radius 1 is 1.13 bits per heavy atom. The molecule has 2 N–H and O–H groups in total. The molecule has 5 nitrogen and oxygen atoms in total. The Kier molecular flexibility index (Phi) is 9.56. The summed E-state index contributed by atoms with van der Waals surface area (Å²) in [5.41, 5.74) is 2.79. The standard InChI is InChI=1S/C25H40N4OS/c1-19(2)21-8-6-20(7-9-21)5-4-14-27-25(26-3)28-23-12-10-22(11-13-23)24(30)29-15-17-31-18-16-29/h6-9,19,22-23H,4-5,10-18H2,1-3H3,(H2,26,27,28). The molecule has 0 aromatic heterocycles. The Balaban J connectivity index is 1.33. The van der Waals surface area contributed by atoms with Crippen LogP contribution in [0.4, 0.5) is 0 Å². The molecule has 3 rings (SSSR count). The molecule has 172 valence electrons. The molecule has 1 aliphatic carbocycles. The van der Waals surface area contributed by atoms with Gasteiger partial charge in [0.1, 0.15) is 0 Å². The van der Waals surface area contributed by atoms with E-state index in [9.17, 15) is 4.79 Å². The lowest BCUT2D eigenvalue weighted by Crippen LogP contribution is -2.47. The second kappa shape index (κ2) is 12.4. The molecule has 2 aliphatic rings. The summed E-state index contributed by atoms with van der Waals surface area (Å²) in [7, 11) is 1.84. The van der Waals surface area contributed by atoms with Crippen LogP contribution >= 0.6 is 11.8 Å². The van der Waals surface area contributed by atoms with Crippen molar-refractivity contribution in [3.05, 3.63) is 35.4 Å². The first-order valence-electron chi connectivity index (χ1n) is 12.0. The number of benzene rings is 1. The molecular weight excluding hydrogens is 404 g/mol. The van der Waals surface area contributed by atoms with E-state index < -0.39 is 0 Å². The van der Waals surface area contributed by atoms with Crippen molar-refractivity contribution in [2.75, 3.05) is 38.2 Å². The molecule has 1 aliphatic heterocycles. The molecule has 1 saturated carbocycles. The Morgan fingerprint density at radius 3 is 2.42 bits per heavy atom. The van der Waals surface area contributed by atoms with E-state index in [4.69, 9.17) is 0 Å². The van der Waals surface area contributed by atoms with Gasteiger partial charge < -0.3 is 15.5 Å². The van der Waals surface area contributed by atoms with E-state index in [0.29, 0.717) is 17.9 Å². The zero-order valence-electron chi connectivity index (χ0n) is 19.5. The highest BCUT2D eigenvalue weighted by Gasteiger charge is 2.30. The average molecular weight is 445 g/mol. The Hall–Kier alpha value is -1.69. The number of guanidine groups is 1. The van der Waals surface area contributed by atoms with E-state index in [-0.39, 0.29) is 5.92 Å². The lowest BCUT2D eigenvalue weighted by Gasteiger charge is -2.34. The van der Waals surface area contributed by atoms with Crippen LogP contribution < -0.4 is 10.6 Å². The van der Waals surface area contributed by atoms with Crippen LogP contribution in [0.2, 0.25) is 0 Å². The van der Waals surface area contributed by atoms with Gasteiger partial charge in [0.25, 0.3) is 0 Å². The third kappa shape index (κ3) is 7.44. The monoisotopic (exact) mass is 444 g/mol. The summed E-state index contributed by atoms with van der Waals surface area (Å²) in [4.78, 5) is 19.2. The number of nitrogens with zero attached hydrogens (tertiary/aromatic N) is 2. The van der Waals surface area contributed by atoms with Gasteiger partial charge >= 0.3 is 0 Å². The summed E-state index contributed by atoms with van der Waals surface area (Å²) in [5, 5.41) is 7.04. The number of amides is 1. The van der Waals surface area contributed by atoms with Crippen molar-refractivity contribution in [3.8, 4) is 0 Å². The van der Waals surface area contributed by atoms with Crippen molar-refractivity contribution in [2.24, 2.45) is 10.9 Å². The van der Waals surface area contributed by atoms with Gasteiger partial charge in [-0.2, -0.15) is 11.8 Å². The summed E-state index contributed by atoms with van der Waals surface area (Å²) < 4.78 is 0. The largest absolute Gasteiger partial charge is 0.356 e. The van der Waals surface area contributed by atoms with E-state index in [2.05, 4.69) is 58.6 Å². The minimum atomic E-state index is 0.221. The van der Waals surface area contributed by atoms with Crippen molar-refractivity contribution in [1.82, 2.24) is 15.5 Å². The molecule has 0 radical (unpaired) electrons. The summed E-state index contributed by atoms with van der Waals surface area (Å²) in [6.07, 6.45) is 6.22. The van der Waals surface area contributed by atoms with Gasteiger partial charge in [0.15, 0.2) is 5.96 Å². The molecule has 6 heteroatoms. The molecule has 0 atom stereocenters. The smallest absolute Gasteiger partial charge is 0.225 e. The predicted molar refractivity (Wildman–Crippen MR) is 133 cm³/mol. The van der Waals surface area contributed by atoms with Gasteiger partial charge in [-0.25, -0.2) is 0 Å². The average Bonchev–Trinajstić information content (AvgIpc) is 2.82. The zero-order valence-corrected chi connectivity index (χ0v) is 20.3. The van der Waals surface area contributed by atoms with Crippen molar-refractivity contribution in [2.45, 2.75) is 64.3 Å². The quantitative estimate of drug-likeness (QED) is 0.379. The van der Waals surface area contributed by atoms with Crippen LogP contribution in [-0.2, 0) is 11.2 Å². The van der Waals surface area contributed by atoms with Crippen molar-refractivity contribution >= 4 is 23.6 Å². The van der Waals surface area contributed by atoms with Gasteiger partial charge in [0.05, 0.1) is 0 Å². The van der Waals surface area contributed by atoms with Gasteiger partial charge in [-0.3, -0.25) is 9.79 Å². The van der Waals surface area contributed by atoms with Crippen molar-refractivity contribution in [3.63, 3.8) is 0 Å². The third-order valence-corrected chi connectivity index (χ3v) is 7.49. The number of carbonyl (C=O) groups excluding carboxylic acids is 1. The molecule has 0 unspecified atom stereocenters. The van der Waals surface area contributed by atoms with E-state index in [1.54, 1.807) is 0 Å². The first-order chi connectivity index (χ1) is 15.1. The maximum absolute atomic E-state index is 12.7. The van der Waals surface area contributed by atoms with E-state index in [1.165, 1.54) is 11.1 Å². The maximum Gasteiger partial charge on any atom is 0.225 e. The summed E-state index contributed by atoms with van der Waals surface area (Å²) in [5.74, 6) is 4.27. The number of aryl methyl sites for hydroxylation is 1. The van der Waals surface area contributed by atoms with E-state index >= 15 is 0 Å². The normalized spacial score (nSPS) is 22.5. The minimum Gasteiger partial charge on any atom is -0.356 e. The Bertz CT molecular complexity index is 705. The highest BCUT2D eigenvalue weighted by molar-refractivity contribution is 7.99. The van der Waals surface area contributed by atoms with Gasteiger partial charge in [-0.1, -0.05) is 38.1 Å². The molecule has 31 heavy (non-hydrogen) atoms. The van der Waals surface area contributed by atoms with Gasteiger partial charge in [-0.15, -0.1) is 0 Å². The maximum atomic E-state index is 12.7. The molecule has 1 saturated heterocycles. The second-order valence-electron chi connectivity index (χ2n) is 9.13. The summed E-state index contributed by atoms with van der Waals surface area (Å²) >= 11 is 1.96. The number of nitrogens with one attached hydrogen (secondary N) is 2. The van der Waals surface area contributed by atoms with E-state index in [1.807, 2.05) is 18.8 Å². The van der Waals surface area contributed by atoms with Crippen LogP contribution in [0.3, 0.4) is 0 Å². The van der Waals surface area contributed by atoms with E-state index in [0.717, 1.165) is 75.6 Å². The number of carbonyl (C=O) groups is 1. The van der Waals surface area contributed by atoms with Crippen molar-refractivity contribution < 1.29 is 4.79 Å². The van der Waals surface area contributed by atoms with Crippen LogP contribution in [-0.4, -0.2) is 61.0 Å². The van der Waals surface area contributed by atoms with Crippen molar-refractivity contribution in [1.29, 1.82) is 0 Å². The molecule has 1 aromatic rings. The molecule has 1 aromatic carbocycles.